The number of phenols is 2. The van der Waals surface area contributed by atoms with Gasteiger partial charge in [0.15, 0.2) is 0 Å². The molecule has 0 atom stereocenters. The van der Waals surface area contributed by atoms with E-state index >= 15 is 0 Å². The third-order valence-corrected chi connectivity index (χ3v) is 7.53. The number of phenolic OH excluding ortho intramolecular Hbond substituents is 2. The monoisotopic (exact) mass is 682 g/mol. The first-order valence-electron chi connectivity index (χ1n) is 15.9. The third-order valence-electron chi connectivity index (χ3n) is 7.53. The lowest BCUT2D eigenvalue weighted by Crippen LogP contribution is -2.02. The molecule has 50 heavy (non-hydrogen) atoms. The Balaban J connectivity index is 1.24. The molecule has 10 nitrogen and oxygen atoms in total. The molecule has 5 aromatic carbocycles. The van der Waals surface area contributed by atoms with Gasteiger partial charge in [-0.25, -0.2) is 0 Å². The highest BCUT2D eigenvalue weighted by Gasteiger charge is 2.10. The van der Waals surface area contributed by atoms with Crippen LogP contribution in [0.5, 0.6) is 51.7 Å². The van der Waals surface area contributed by atoms with Crippen LogP contribution < -0.4 is 33.2 Å². The third kappa shape index (κ3) is 10.4. The molecule has 0 aromatic heterocycles. The van der Waals surface area contributed by atoms with E-state index < -0.39 is 0 Å². The Labute approximate surface area is 292 Å². The minimum atomic E-state index is -0.0396. The Bertz CT molecular complexity index is 1840. The summed E-state index contributed by atoms with van der Waals surface area (Å²) in [5.74, 6) is 4.43. The molecule has 2 N–H and O–H groups in total. The fraction of sp³-hybridized carbons (Fsp3) is 0.250. The maximum Gasteiger partial charge on any atom is 0.123 e. The Morgan fingerprint density at radius 2 is 0.680 bits per heavy atom. The van der Waals surface area contributed by atoms with Gasteiger partial charge in [0.25, 0.3) is 0 Å². The predicted molar refractivity (Wildman–Crippen MR) is 188 cm³/mol. The number of hydrogen-bond donors (Lipinski definition) is 2. The summed E-state index contributed by atoms with van der Waals surface area (Å²) >= 11 is 0. The van der Waals surface area contributed by atoms with Crippen molar-refractivity contribution >= 4 is 0 Å². The number of benzene rings is 5. The average molecular weight is 683 g/mol. The summed E-state index contributed by atoms with van der Waals surface area (Å²) < 4.78 is 46.2. The van der Waals surface area contributed by atoms with Crippen LogP contribution in [-0.2, 0) is 37.8 Å². The second-order valence-corrected chi connectivity index (χ2v) is 11.7. The first-order valence-corrected chi connectivity index (χ1v) is 15.9. The van der Waals surface area contributed by atoms with Gasteiger partial charge in [0.2, 0.25) is 0 Å². The van der Waals surface area contributed by atoms with E-state index in [-0.39, 0.29) is 24.7 Å². The molecule has 0 unspecified atom stereocenters. The molecular weight excluding hydrogens is 640 g/mol. The number of methoxy groups -OCH3 is 4. The minimum Gasteiger partial charge on any atom is -0.508 e. The van der Waals surface area contributed by atoms with Gasteiger partial charge in [-0.05, 0) is 101 Å². The van der Waals surface area contributed by atoms with Crippen molar-refractivity contribution in [2.24, 2.45) is 0 Å². The normalized spacial score (nSPS) is 10.7. The summed E-state index contributed by atoms with van der Waals surface area (Å²) in [6.07, 6.45) is 0. The van der Waals surface area contributed by atoms with Crippen LogP contribution in [0.1, 0.15) is 33.4 Å². The van der Waals surface area contributed by atoms with Crippen LogP contribution in [0.3, 0.4) is 0 Å². The van der Waals surface area contributed by atoms with E-state index in [0.717, 1.165) is 33.6 Å². The molecule has 0 bridgehead atoms. The van der Waals surface area contributed by atoms with Crippen LogP contribution >= 0.6 is 0 Å². The number of aryl methyl sites for hydroxylation is 1. The fourth-order valence-corrected chi connectivity index (χ4v) is 5.31. The first-order chi connectivity index (χ1) is 24.2. The van der Waals surface area contributed by atoms with Gasteiger partial charge >= 0.3 is 0 Å². The molecule has 0 aliphatic rings. The number of hydrogen-bond acceptors (Lipinski definition) is 10. The van der Waals surface area contributed by atoms with Crippen LogP contribution in [-0.4, -0.2) is 38.7 Å². The zero-order valence-electron chi connectivity index (χ0n) is 28.9. The molecule has 0 saturated heterocycles. The van der Waals surface area contributed by atoms with E-state index in [1.165, 1.54) is 18.2 Å². The zero-order valence-corrected chi connectivity index (χ0v) is 28.9. The summed E-state index contributed by atoms with van der Waals surface area (Å²) in [4.78, 5) is 0. The van der Waals surface area contributed by atoms with Gasteiger partial charge in [-0.3, -0.25) is 0 Å². The van der Waals surface area contributed by atoms with Crippen molar-refractivity contribution in [3.8, 4) is 51.7 Å². The fourth-order valence-electron chi connectivity index (χ4n) is 5.31. The molecule has 0 fully saturated rings. The van der Waals surface area contributed by atoms with E-state index in [2.05, 4.69) is 6.07 Å². The number of rotatable bonds is 17. The summed E-state index contributed by atoms with van der Waals surface area (Å²) in [7, 11) is 6.46. The standard InChI is InChI=1S/C40H42O10/c1-26-6-27(13-37(7-26)47-24-30-10-34(44-3)18-35(11-30)45-4)22-48-39-14-29(21-43-2)15-40(20-39)50-25-31-12-36(46-5)19-38(16-31)49-23-28-8-32(41)17-33(42)9-28/h6-20,41-42H,21-25H2,1-5H3. The lowest BCUT2D eigenvalue weighted by Gasteiger charge is -2.15. The Hall–Kier alpha value is -5.74. The van der Waals surface area contributed by atoms with Crippen molar-refractivity contribution < 1.29 is 48.1 Å². The molecule has 0 heterocycles. The van der Waals surface area contributed by atoms with Crippen LogP contribution in [0.25, 0.3) is 0 Å². The zero-order chi connectivity index (χ0) is 35.5. The van der Waals surface area contributed by atoms with E-state index in [1.807, 2.05) is 67.6 Å². The Morgan fingerprint density at radius 3 is 1.10 bits per heavy atom. The van der Waals surface area contributed by atoms with Crippen LogP contribution in [0.2, 0.25) is 0 Å². The Morgan fingerprint density at radius 1 is 0.360 bits per heavy atom. The smallest absolute Gasteiger partial charge is 0.123 e. The van der Waals surface area contributed by atoms with E-state index in [9.17, 15) is 10.2 Å². The highest BCUT2D eigenvalue weighted by atomic mass is 16.5. The van der Waals surface area contributed by atoms with E-state index in [4.69, 9.17) is 37.9 Å². The van der Waals surface area contributed by atoms with Crippen molar-refractivity contribution in [3.63, 3.8) is 0 Å². The van der Waals surface area contributed by atoms with E-state index in [1.54, 1.807) is 34.5 Å². The van der Waals surface area contributed by atoms with Crippen molar-refractivity contribution in [3.05, 3.63) is 124 Å². The molecule has 0 amide bonds. The molecule has 0 aliphatic heterocycles. The second kappa shape index (κ2) is 17.1. The maximum absolute atomic E-state index is 9.78. The van der Waals surface area contributed by atoms with Crippen LogP contribution in [0.4, 0.5) is 0 Å². The second-order valence-electron chi connectivity index (χ2n) is 11.7. The number of ether oxygens (including phenoxy) is 8. The van der Waals surface area contributed by atoms with Crippen LogP contribution in [0.15, 0.2) is 91.0 Å². The molecule has 5 aromatic rings. The Kier molecular flexibility index (Phi) is 12.1. The SMILES string of the molecule is COCc1cc(OCc2cc(C)cc(OCc3cc(OC)cc(OC)c3)c2)cc(OCc2cc(OC)cc(OCc3cc(O)cc(O)c3)c2)c1. The maximum atomic E-state index is 9.78. The van der Waals surface area contributed by atoms with Crippen molar-refractivity contribution in [1.29, 1.82) is 0 Å². The number of aromatic hydroxyl groups is 2. The quantitative estimate of drug-likeness (QED) is 0.100. The molecule has 0 spiro atoms. The summed E-state index contributed by atoms with van der Waals surface area (Å²) in [5, 5.41) is 19.6. The predicted octanol–water partition coefficient (Wildman–Crippen LogP) is 7.89. The lowest BCUT2D eigenvalue weighted by atomic mass is 10.1. The van der Waals surface area contributed by atoms with Crippen molar-refractivity contribution in [2.75, 3.05) is 28.4 Å². The average Bonchev–Trinajstić information content (AvgIpc) is 3.10. The van der Waals surface area contributed by atoms with Gasteiger partial charge < -0.3 is 48.1 Å². The topological polar surface area (TPSA) is 114 Å². The van der Waals surface area contributed by atoms with Gasteiger partial charge in [-0.15, -0.1) is 0 Å². The molecular formula is C40H42O10. The molecule has 262 valence electrons. The summed E-state index contributed by atoms with van der Waals surface area (Å²) in [6.45, 7) is 3.43. The van der Waals surface area contributed by atoms with Gasteiger partial charge in [0.05, 0.1) is 27.9 Å². The van der Waals surface area contributed by atoms with Crippen molar-refractivity contribution in [1.82, 2.24) is 0 Å². The molecule has 0 aliphatic carbocycles. The highest BCUT2D eigenvalue weighted by Crippen LogP contribution is 2.30. The van der Waals surface area contributed by atoms with E-state index in [0.29, 0.717) is 59.9 Å². The van der Waals surface area contributed by atoms with Gasteiger partial charge in [-0.2, -0.15) is 0 Å². The first kappa shape index (κ1) is 35.6. The lowest BCUT2D eigenvalue weighted by molar-refractivity contribution is 0.183. The molecule has 0 radical (unpaired) electrons. The van der Waals surface area contributed by atoms with Gasteiger partial charge in [0, 0.05) is 31.4 Å². The largest absolute Gasteiger partial charge is 0.508 e. The molecule has 10 heteroatoms. The highest BCUT2D eigenvalue weighted by molar-refractivity contribution is 5.42. The van der Waals surface area contributed by atoms with Gasteiger partial charge in [0.1, 0.15) is 78.2 Å². The molecule has 0 saturated carbocycles. The molecule has 5 rings (SSSR count). The summed E-state index contributed by atoms with van der Waals surface area (Å²) in [5.41, 5.74) is 5.25. The minimum absolute atomic E-state index is 0.0396. The van der Waals surface area contributed by atoms with Crippen molar-refractivity contribution in [2.45, 2.75) is 40.0 Å². The summed E-state index contributed by atoms with van der Waals surface area (Å²) in [6, 6.07) is 27.2. The van der Waals surface area contributed by atoms with Crippen LogP contribution in [0, 0.1) is 6.92 Å². The van der Waals surface area contributed by atoms with Gasteiger partial charge in [-0.1, -0.05) is 6.07 Å².